The standard InChI is InChI=1S/C24H32O2S/c1-25-22-17-16-21(18-23(22)26-2)27-24(20-13-7-8-14-20)15-9-6-12-19-10-4-3-5-11-19/h3-5,10-11,16-18,20,24H,6-9,12-15H2,1-2H3. The van der Waals surface area contributed by atoms with Crippen LogP contribution in [0.5, 0.6) is 11.5 Å². The maximum atomic E-state index is 5.49. The maximum absolute atomic E-state index is 5.49. The molecule has 0 amide bonds. The van der Waals surface area contributed by atoms with Crippen LogP contribution < -0.4 is 9.47 Å². The summed E-state index contributed by atoms with van der Waals surface area (Å²) in [6.07, 6.45) is 10.7. The Morgan fingerprint density at radius 1 is 0.926 bits per heavy atom. The van der Waals surface area contributed by atoms with Crippen LogP contribution in [-0.2, 0) is 6.42 Å². The van der Waals surface area contributed by atoms with Gasteiger partial charge in [0.2, 0.25) is 0 Å². The third-order valence-electron chi connectivity index (χ3n) is 5.61. The molecule has 1 unspecified atom stereocenters. The molecule has 2 nitrogen and oxygen atoms in total. The minimum Gasteiger partial charge on any atom is -0.493 e. The highest BCUT2D eigenvalue weighted by molar-refractivity contribution is 8.00. The summed E-state index contributed by atoms with van der Waals surface area (Å²) < 4.78 is 10.9. The van der Waals surface area contributed by atoms with Gasteiger partial charge in [0.15, 0.2) is 11.5 Å². The van der Waals surface area contributed by atoms with Crippen LogP contribution in [0, 0.1) is 5.92 Å². The lowest BCUT2D eigenvalue weighted by molar-refractivity contribution is 0.354. The lowest BCUT2D eigenvalue weighted by Crippen LogP contribution is -2.14. The summed E-state index contributed by atoms with van der Waals surface area (Å²) in [5, 5.41) is 0.710. The van der Waals surface area contributed by atoms with Crippen molar-refractivity contribution in [1.29, 1.82) is 0 Å². The van der Waals surface area contributed by atoms with Crippen LogP contribution in [0.1, 0.15) is 50.5 Å². The molecule has 146 valence electrons. The summed E-state index contributed by atoms with van der Waals surface area (Å²) >= 11 is 2.05. The van der Waals surface area contributed by atoms with Crippen molar-refractivity contribution in [3.63, 3.8) is 0 Å². The van der Waals surface area contributed by atoms with E-state index in [0.29, 0.717) is 5.25 Å². The minimum atomic E-state index is 0.710. The van der Waals surface area contributed by atoms with Gasteiger partial charge in [-0.05, 0) is 61.8 Å². The van der Waals surface area contributed by atoms with Gasteiger partial charge in [0.1, 0.15) is 0 Å². The highest BCUT2D eigenvalue weighted by Gasteiger charge is 2.25. The van der Waals surface area contributed by atoms with Crippen LogP contribution in [0.2, 0.25) is 0 Å². The molecular formula is C24H32O2S. The number of methoxy groups -OCH3 is 2. The van der Waals surface area contributed by atoms with Crippen molar-refractivity contribution in [3.8, 4) is 11.5 Å². The van der Waals surface area contributed by atoms with Crippen molar-refractivity contribution in [3.05, 3.63) is 54.1 Å². The van der Waals surface area contributed by atoms with E-state index in [4.69, 9.17) is 9.47 Å². The second kappa shape index (κ2) is 10.7. The molecule has 0 radical (unpaired) electrons. The lowest BCUT2D eigenvalue weighted by Gasteiger charge is -2.23. The fourth-order valence-corrected chi connectivity index (χ4v) is 5.52. The van der Waals surface area contributed by atoms with Crippen LogP contribution in [0.3, 0.4) is 0 Å². The molecule has 1 saturated carbocycles. The average molecular weight is 385 g/mol. The zero-order valence-corrected chi connectivity index (χ0v) is 17.5. The summed E-state index contributed by atoms with van der Waals surface area (Å²) in [5.74, 6) is 2.50. The molecule has 0 heterocycles. The SMILES string of the molecule is COc1ccc(SC(CCCCc2ccccc2)C2CCCC2)cc1OC. The van der Waals surface area contributed by atoms with Gasteiger partial charge in [-0.1, -0.05) is 49.6 Å². The van der Waals surface area contributed by atoms with Crippen LogP contribution in [0.15, 0.2) is 53.4 Å². The van der Waals surface area contributed by atoms with Gasteiger partial charge in [0.25, 0.3) is 0 Å². The smallest absolute Gasteiger partial charge is 0.161 e. The van der Waals surface area contributed by atoms with Crippen molar-refractivity contribution in [1.82, 2.24) is 0 Å². The molecular weight excluding hydrogens is 352 g/mol. The van der Waals surface area contributed by atoms with Gasteiger partial charge >= 0.3 is 0 Å². The molecule has 0 aliphatic heterocycles. The molecule has 3 heteroatoms. The normalized spacial score (nSPS) is 15.6. The molecule has 0 aromatic heterocycles. The number of hydrogen-bond donors (Lipinski definition) is 0. The zero-order chi connectivity index (χ0) is 18.9. The molecule has 0 saturated heterocycles. The highest BCUT2D eigenvalue weighted by Crippen LogP contribution is 2.41. The average Bonchev–Trinajstić information content (AvgIpc) is 3.25. The lowest BCUT2D eigenvalue weighted by atomic mass is 9.98. The first-order valence-electron chi connectivity index (χ1n) is 10.2. The van der Waals surface area contributed by atoms with E-state index in [1.807, 2.05) is 17.8 Å². The van der Waals surface area contributed by atoms with E-state index >= 15 is 0 Å². The topological polar surface area (TPSA) is 18.5 Å². The van der Waals surface area contributed by atoms with Gasteiger partial charge < -0.3 is 9.47 Å². The Hall–Kier alpha value is -1.61. The molecule has 27 heavy (non-hydrogen) atoms. The second-order valence-electron chi connectivity index (χ2n) is 7.45. The van der Waals surface area contributed by atoms with Crippen LogP contribution in [0.4, 0.5) is 0 Å². The number of rotatable bonds is 10. The molecule has 3 rings (SSSR count). The van der Waals surface area contributed by atoms with Crippen LogP contribution >= 0.6 is 11.8 Å². The van der Waals surface area contributed by atoms with Gasteiger partial charge in [-0.2, -0.15) is 0 Å². The third kappa shape index (κ3) is 5.93. The zero-order valence-electron chi connectivity index (χ0n) is 16.7. The number of hydrogen-bond acceptors (Lipinski definition) is 3. The summed E-state index contributed by atoms with van der Waals surface area (Å²) in [7, 11) is 3.41. The van der Waals surface area contributed by atoms with E-state index in [0.717, 1.165) is 17.4 Å². The van der Waals surface area contributed by atoms with E-state index in [9.17, 15) is 0 Å². The fourth-order valence-electron chi connectivity index (χ4n) is 4.10. The molecule has 1 aliphatic carbocycles. The monoisotopic (exact) mass is 384 g/mol. The molecule has 0 spiro atoms. The van der Waals surface area contributed by atoms with Crippen molar-refractivity contribution in [2.75, 3.05) is 14.2 Å². The first-order valence-corrected chi connectivity index (χ1v) is 11.1. The molecule has 1 atom stereocenters. The van der Waals surface area contributed by atoms with Crippen LogP contribution in [0.25, 0.3) is 0 Å². The summed E-state index contributed by atoms with van der Waals surface area (Å²) in [6.45, 7) is 0. The highest BCUT2D eigenvalue weighted by atomic mass is 32.2. The number of aryl methyl sites for hydroxylation is 1. The molecule has 2 aromatic rings. The van der Waals surface area contributed by atoms with E-state index in [2.05, 4.69) is 42.5 Å². The second-order valence-corrected chi connectivity index (χ2v) is 8.76. The van der Waals surface area contributed by atoms with Crippen molar-refractivity contribution in [2.24, 2.45) is 5.92 Å². The Morgan fingerprint density at radius 2 is 1.67 bits per heavy atom. The molecule has 1 fully saturated rings. The minimum absolute atomic E-state index is 0.710. The van der Waals surface area contributed by atoms with Gasteiger partial charge in [-0.3, -0.25) is 0 Å². The van der Waals surface area contributed by atoms with E-state index in [1.165, 1.54) is 61.8 Å². The number of benzene rings is 2. The van der Waals surface area contributed by atoms with Crippen LogP contribution in [-0.4, -0.2) is 19.5 Å². The van der Waals surface area contributed by atoms with Gasteiger partial charge in [-0.15, -0.1) is 11.8 Å². The Bertz CT molecular complexity index is 680. The summed E-state index contributed by atoms with van der Waals surface area (Å²) in [5.41, 5.74) is 1.46. The fraction of sp³-hybridized carbons (Fsp3) is 0.500. The Balaban J connectivity index is 1.58. The number of ether oxygens (including phenoxy) is 2. The third-order valence-corrected chi connectivity index (χ3v) is 7.06. The largest absolute Gasteiger partial charge is 0.493 e. The molecule has 1 aliphatic rings. The van der Waals surface area contributed by atoms with E-state index < -0.39 is 0 Å². The van der Waals surface area contributed by atoms with Crippen molar-refractivity contribution < 1.29 is 9.47 Å². The molecule has 0 bridgehead atoms. The quantitative estimate of drug-likeness (QED) is 0.333. The molecule has 0 N–H and O–H groups in total. The van der Waals surface area contributed by atoms with Gasteiger partial charge in [0.05, 0.1) is 14.2 Å². The van der Waals surface area contributed by atoms with Gasteiger partial charge in [0, 0.05) is 10.1 Å². The van der Waals surface area contributed by atoms with E-state index in [1.54, 1.807) is 14.2 Å². The summed E-state index contributed by atoms with van der Waals surface area (Å²) in [6, 6.07) is 17.2. The molecule has 2 aromatic carbocycles. The van der Waals surface area contributed by atoms with Gasteiger partial charge in [-0.25, -0.2) is 0 Å². The number of thioether (sulfide) groups is 1. The van der Waals surface area contributed by atoms with Crippen molar-refractivity contribution >= 4 is 11.8 Å². The predicted molar refractivity (Wildman–Crippen MR) is 115 cm³/mol. The Morgan fingerprint density at radius 3 is 2.37 bits per heavy atom. The first-order chi connectivity index (χ1) is 13.3. The van der Waals surface area contributed by atoms with E-state index in [-0.39, 0.29) is 0 Å². The Kier molecular flexibility index (Phi) is 7.94. The Labute approximate surface area is 168 Å². The van der Waals surface area contributed by atoms with Crippen molar-refractivity contribution in [2.45, 2.75) is 61.5 Å². The summed E-state index contributed by atoms with van der Waals surface area (Å²) in [4.78, 5) is 1.30. The predicted octanol–water partition coefficient (Wildman–Crippen LogP) is 6.77. The maximum Gasteiger partial charge on any atom is 0.161 e. The number of unbranched alkanes of at least 4 members (excludes halogenated alkanes) is 1. The first kappa shape index (κ1) is 20.1.